The predicted molar refractivity (Wildman–Crippen MR) is 89.0 cm³/mol. The number of carbonyl (C=O) groups is 3. The average molecular weight is 445 g/mol. The summed E-state index contributed by atoms with van der Waals surface area (Å²) in [6.07, 6.45) is -12.9. The monoisotopic (exact) mass is 445 g/mol. The predicted octanol–water partition coefficient (Wildman–Crippen LogP) is 3.14. The van der Waals surface area contributed by atoms with E-state index >= 15 is 0 Å². The molecule has 0 aliphatic carbocycles. The Hall–Kier alpha value is -3.19. The summed E-state index contributed by atoms with van der Waals surface area (Å²) in [4.78, 5) is 33.2. The van der Waals surface area contributed by atoms with Gasteiger partial charge in [-0.3, -0.25) is 4.79 Å². The number of hydrogen-bond donors (Lipinski definition) is 5. The van der Waals surface area contributed by atoms with Gasteiger partial charge in [-0.05, 0) is 31.0 Å². The maximum absolute atomic E-state index is 12.9. The molecule has 168 valence electrons. The van der Waals surface area contributed by atoms with Crippen molar-refractivity contribution < 1.29 is 50.9 Å². The summed E-state index contributed by atoms with van der Waals surface area (Å²) in [7, 11) is 0. The molecule has 0 heterocycles. The lowest BCUT2D eigenvalue weighted by atomic mass is 10.0. The van der Waals surface area contributed by atoms with Gasteiger partial charge in [0.25, 0.3) is 5.91 Å². The summed E-state index contributed by atoms with van der Waals surface area (Å²) in [6, 6.07) is -0.585. The zero-order valence-corrected chi connectivity index (χ0v) is 15.0. The first kappa shape index (κ1) is 24.8. The third-order valence-electron chi connectivity index (χ3n) is 3.69. The largest absolute Gasteiger partial charge is 0.465 e. The van der Waals surface area contributed by atoms with Crippen LogP contribution in [0, 0.1) is 0 Å². The third-order valence-corrected chi connectivity index (χ3v) is 3.69. The van der Waals surface area contributed by atoms with Gasteiger partial charge in [-0.15, -0.1) is 0 Å². The maximum atomic E-state index is 12.9. The molecule has 0 aliphatic rings. The van der Waals surface area contributed by atoms with Gasteiger partial charge in [-0.2, -0.15) is 26.3 Å². The summed E-state index contributed by atoms with van der Waals surface area (Å²) in [6.45, 7) is -0.487. The first-order chi connectivity index (χ1) is 13.7. The van der Waals surface area contributed by atoms with E-state index in [1.165, 1.54) is 0 Å². The van der Waals surface area contributed by atoms with Crippen molar-refractivity contribution in [3.8, 4) is 0 Å². The third kappa shape index (κ3) is 8.45. The van der Waals surface area contributed by atoms with Gasteiger partial charge >= 0.3 is 24.5 Å². The molecule has 0 radical (unpaired) electrons. The van der Waals surface area contributed by atoms with Crippen molar-refractivity contribution in [3.05, 3.63) is 34.9 Å². The number of amides is 3. The number of hydrogen-bond acceptors (Lipinski definition) is 3. The van der Waals surface area contributed by atoms with Crippen molar-refractivity contribution >= 4 is 18.1 Å². The van der Waals surface area contributed by atoms with Crippen LogP contribution in [0.4, 0.5) is 35.9 Å². The van der Waals surface area contributed by atoms with Gasteiger partial charge in [-0.25, -0.2) is 9.59 Å². The number of benzene rings is 1. The SMILES string of the molecule is O=C(O)NCCC[C@@H](CNC(=O)c1cc(C(F)(F)F)cc(C(F)(F)F)c1)NC(=O)O. The van der Waals surface area contributed by atoms with Gasteiger partial charge in [0.2, 0.25) is 0 Å². The lowest BCUT2D eigenvalue weighted by molar-refractivity contribution is -0.143. The van der Waals surface area contributed by atoms with Crippen LogP contribution in [0.3, 0.4) is 0 Å². The van der Waals surface area contributed by atoms with Crippen molar-refractivity contribution in [2.75, 3.05) is 13.1 Å². The van der Waals surface area contributed by atoms with E-state index in [-0.39, 0.29) is 37.6 Å². The Labute approximate surface area is 165 Å². The van der Waals surface area contributed by atoms with Gasteiger partial charge in [0, 0.05) is 24.7 Å². The number of alkyl halides is 6. The standard InChI is InChI=1S/C16H17F6N3O5/c17-15(18,19)9-4-8(5-10(6-9)16(20,21)22)12(26)24-7-11(25-14(29)30)2-1-3-23-13(27)28/h4-6,11,23,25H,1-3,7H2,(H,24,26)(H,27,28)(H,29,30)/t11-/m0/s1. The summed E-state index contributed by atoms with van der Waals surface area (Å²) >= 11 is 0. The Kier molecular flexibility index (Phi) is 8.30. The van der Waals surface area contributed by atoms with Crippen LogP contribution in [-0.4, -0.2) is 47.4 Å². The number of carboxylic acid groups (broad SMARTS) is 2. The molecule has 0 fully saturated rings. The highest BCUT2D eigenvalue weighted by Gasteiger charge is 2.37. The molecule has 0 unspecified atom stereocenters. The van der Waals surface area contributed by atoms with E-state index in [2.05, 4.69) is 5.32 Å². The fraction of sp³-hybridized carbons (Fsp3) is 0.438. The average Bonchev–Trinajstić information content (AvgIpc) is 2.60. The molecule has 0 aliphatic heterocycles. The highest BCUT2D eigenvalue weighted by Crippen LogP contribution is 2.36. The fourth-order valence-corrected chi connectivity index (χ4v) is 2.35. The van der Waals surface area contributed by atoms with Crippen LogP contribution in [0.2, 0.25) is 0 Å². The fourth-order valence-electron chi connectivity index (χ4n) is 2.35. The smallest absolute Gasteiger partial charge is 0.416 e. The van der Waals surface area contributed by atoms with E-state index in [9.17, 15) is 40.7 Å². The number of halogens is 6. The summed E-state index contributed by atoms with van der Waals surface area (Å²) in [5.41, 5.74) is -4.23. The van der Waals surface area contributed by atoms with Gasteiger partial charge < -0.3 is 26.2 Å². The van der Waals surface area contributed by atoms with Gasteiger partial charge in [-0.1, -0.05) is 0 Å². The van der Waals surface area contributed by atoms with Gasteiger partial charge in [0.15, 0.2) is 0 Å². The molecule has 14 heteroatoms. The number of carbonyl (C=O) groups excluding carboxylic acids is 1. The molecule has 0 bridgehead atoms. The van der Waals surface area contributed by atoms with Crippen LogP contribution in [0.15, 0.2) is 18.2 Å². The Morgan fingerprint density at radius 2 is 1.40 bits per heavy atom. The summed E-state index contributed by atoms with van der Waals surface area (Å²) in [5, 5.41) is 23.3. The van der Waals surface area contributed by atoms with Crippen LogP contribution in [0.5, 0.6) is 0 Å². The summed E-state index contributed by atoms with van der Waals surface area (Å²) in [5.74, 6) is -1.27. The minimum Gasteiger partial charge on any atom is -0.465 e. The zero-order valence-electron chi connectivity index (χ0n) is 15.0. The molecule has 30 heavy (non-hydrogen) atoms. The van der Waals surface area contributed by atoms with Crippen molar-refractivity contribution in [1.82, 2.24) is 16.0 Å². The molecule has 3 amide bonds. The zero-order chi connectivity index (χ0) is 23.1. The van der Waals surface area contributed by atoms with Gasteiger partial charge in [0.1, 0.15) is 0 Å². The molecule has 0 saturated carbocycles. The van der Waals surface area contributed by atoms with E-state index in [1.54, 1.807) is 0 Å². The summed E-state index contributed by atoms with van der Waals surface area (Å²) < 4.78 is 77.2. The molecule has 0 spiro atoms. The first-order valence-electron chi connectivity index (χ1n) is 8.24. The van der Waals surface area contributed by atoms with Crippen LogP contribution in [0.1, 0.15) is 34.3 Å². The maximum Gasteiger partial charge on any atom is 0.416 e. The van der Waals surface area contributed by atoms with Crippen LogP contribution < -0.4 is 16.0 Å². The molecule has 0 saturated heterocycles. The Balaban J connectivity index is 2.92. The number of rotatable bonds is 8. The van der Waals surface area contributed by atoms with Crippen LogP contribution in [-0.2, 0) is 12.4 Å². The molecule has 8 nitrogen and oxygen atoms in total. The van der Waals surface area contributed by atoms with E-state index < -0.39 is 59.7 Å². The minimum absolute atomic E-state index is 0.0310. The molecule has 5 N–H and O–H groups in total. The van der Waals surface area contributed by atoms with Crippen LogP contribution in [0.25, 0.3) is 0 Å². The second kappa shape index (κ2) is 10.0. The highest BCUT2D eigenvalue weighted by atomic mass is 19.4. The van der Waals surface area contributed by atoms with E-state index in [1.807, 2.05) is 10.6 Å². The molecular formula is C16H17F6N3O5. The first-order valence-corrected chi connectivity index (χ1v) is 8.24. The number of nitrogens with one attached hydrogen (secondary N) is 3. The Morgan fingerprint density at radius 1 is 0.867 bits per heavy atom. The molecule has 1 aromatic rings. The molecule has 1 rings (SSSR count). The van der Waals surface area contributed by atoms with Crippen molar-refractivity contribution in [1.29, 1.82) is 0 Å². The van der Waals surface area contributed by atoms with Crippen molar-refractivity contribution in [2.24, 2.45) is 0 Å². The molecule has 1 aromatic carbocycles. The molecular weight excluding hydrogens is 428 g/mol. The molecule has 1 atom stereocenters. The second-order valence-corrected chi connectivity index (χ2v) is 6.03. The van der Waals surface area contributed by atoms with Crippen molar-refractivity contribution in [2.45, 2.75) is 31.2 Å². The lowest BCUT2D eigenvalue weighted by Gasteiger charge is -2.18. The Morgan fingerprint density at radius 3 is 1.83 bits per heavy atom. The molecule has 0 aromatic heterocycles. The highest BCUT2D eigenvalue weighted by molar-refractivity contribution is 5.94. The Bertz CT molecular complexity index is 749. The van der Waals surface area contributed by atoms with E-state index in [0.29, 0.717) is 0 Å². The van der Waals surface area contributed by atoms with Crippen LogP contribution >= 0.6 is 0 Å². The van der Waals surface area contributed by atoms with Gasteiger partial charge in [0.05, 0.1) is 11.1 Å². The topological polar surface area (TPSA) is 128 Å². The van der Waals surface area contributed by atoms with E-state index in [4.69, 9.17) is 10.2 Å². The van der Waals surface area contributed by atoms with Crippen molar-refractivity contribution in [3.63, 3.8) is 0 Å². The quantitative estimate of drug-likeness (QED) is 0.310. The second-order valence-electron chi connectivity index (χ2n) is 6.03. The minimum atomic E-state index is -5.12. The normalized spacial score (nSPS) is 12.7. The lowest BCUT2D eigenvalue weighted by Crippen LogP contribution is -2.43. The van der Waals surface area contributed by atoms with E-state index in [0.717, 1.165) is 0 Å².